The first-order chi connectivity index (χ1) is 16.6. The number of ether oxygens (including phenoxy) is 1. The Kier molecular flexibility index (Phi) is 5.17. The third-order valence-corrected chi connectivity index (χ3v) is 7.06. The number of imidazole rings is 1. The van der Waals surface area contributed by atoms with Crippen LogP contribution in [0.1, 0.15) is 50.8 Å². The topological polar surface area (TPSA) is 99.6 Å². The van der Waals surface area contributed by atoms with Gasteiger partial charge < -0.3 is 14.2 Å². The molecule has 3 aromatic heterocycles. The average molecular weight is 462 g/mol. The van der Waals surface area contributed by atoms with Crippen LogP contribution in [0.3, 0.4) is 0 Å². The summed E-state index contributed by atoms with van der Waals surface area (Å²) in [5, 5.41) is 8.42. The molecule has 6 rings (SSSR count). The highest BCUT2D eigenvalue weighted by Crippen LogP contribution is 2.33. The van der Waals surface area contributed by atoms with Crippen LogP contribution in [-0.4, -0.2) is 59.0 Å². The Bertz CT molecular complexity index is 1430. The van der Waals surface area contributed by atoms with Crippen LogP contribution >= 0.6 is 0 Å². The van der Waals surface area contributed by atoms with E-state index in [4.69, 9.17) is 4.74 Å². The van der Waals surface area contributed by atoms with Crippen molar-refractivity contribution in [3.05, 3.63) is 52.8 Å². The molecule has 10 nitrogen and oxygen atoms in total. The van der Waals surface area contributed by atoms with E-state index in [-0.39, 0.29) is 23.6 Å². The normalized spacial score (nSPS) is 21.0. The minimum absolute atomic E-state index is 0.00761. The van der Waals surface area contributed by atoms with Crippen molar-refractivity contribution in [3.63, 3.8) is 0 Å². The first kappa shape index (κ1) is 21.0. The van der Waals surface area contributed by atoms with Crippen molar-refractivity contribution in [3.8, 4) is 5.82 Å². The third kappa shape index (κ3) is 3.32. The summed E-state index contributed by atoms with van der Waals surface area (Å²) >= 11 is 0. The summed E-state index contributed by atoms with van der Waals surface area (Å²) in [5.74, 6) is 0.447. The van der Waals surface area contributed by atoms with Gasteiger partial charge in [-0.05, 0) is 44.2 Å². The molecule has 0 N–H and O–H groups in total. The smallest absolute Gasteiger partial charge is 0.279 e. The highest BCUT2D eigenvalue weighted by molar-refractivity contribution is 5.81. The maximum Gasteiger partial charge on any atom is 0.279 e. The summed E-state index contributed by atoms with van der Waals surface area (Å²) in [6.45, 7) is 3.50. The van der Waals surface area contributed by atoms with Crippen LogP contribution in [0.25, 0.3) is 22.4 Å². The predicted octanol–water partition coefficient (Wildman–Crippen LogP) is 2.48. The van der Waals surface area contributed by atoms with Gasteiger partial charge in [-0.1, -0.05) is 17.3 Å². The van der Waals surface area contributed by atoms with Crippen molar-refractivity contribution < 1.29 is 9.53 Å². The lowest BCUT2D eigenvalue weighted by Gasteiger charge is -2.24. The molecule has 5 heterocycles. The molecule has 2 unspecified atom stereocenters. The lowest BCUT2D eigenvalue weighted by atomic mass is 10.1. The largest absolute Gasteiger partial charge is 0.376 e. The summed E-state index contributed by atoms with van der Waals surface area (Å²) in [6.07, 6.45) is 8.19. The molecule has 2 atom stereocenters. The van der Waals surface area contributed by atoms with Gasteiger partial charge in [0.25, 0.3) is 5.56 Å². The summed E-state index contributed by atoms with van der Waals surface area (Å²) in [5.41, 5.74) is 2.79. The molecule has 1 aromatic carbocycles. The second-order valence-electron chi connectivity index (χ2n) is 9.12. The van der Waals surface area contributed by atoms with Gasteiger partial charge in [-0.2, -0.15) is 4.68 Å². The number of hydrogen-bond acceptors (Lipinski definition) is 6. The Morgan fingerprint density at radius 2 is 2.00 bits per heavy atom. The fourth-order valence-electron chi connectivity index (χ4n) is 5.43. The lowest BCUT2D eigenvalue weighted by Crippen LogP contribution is -2.32. The van der Waals surface area contributed by atoms with E-state index in [0.29, 0.717) is 24.4 Å². The highest BCUT2D eigenvalue weighted by atomic mass is 16.5. The molecule has 4 aromatic rings. The van der Waals surface area contributed by atoms with Crippen LogP contribution in [0.5, 0.6) is 0 Å². The molecule has 0 spiro atoms. The van der Waals surface area contributed by atoms with Gasteiger partial charge in [0.2, 0.25) is 5.91 Å². The minimum atomic E-state index is -0.142. The van der Waals surface area contributed by atoms with E-state index in [1.54, 1.807) is 28.7 Å². The number of para-hydroxylation sites is 2. The number of nitrogens with zero attached hydrogens (tertiary/aromatic N) is 7. The van der Waals surface area contributed by atoms with Crippen LogP contribution in [0.2, 0.25) is 0 Å². The first-order valence-electron chi connectivity index (χ1n) is 11.9. The summed E-state index contributed by atoms with van der Waals surface area (Å²) in [4.78, 5) is 32.6. The van der Waals surface area contributed by atoms with Gasteiger partial charge in [-0.25, -0.2) is 4.98 Å². The Morgan fingerprint density at radius 1 is 1.15 bits per heavy atom. The number of hydrogen-bond donors (Lipinski definition) is 0. The summed E-state index contributed by atoms with van der Waals surface area (Å²) < 4.78 is 11.2. The van der Waals surface area contributed by atoms with E-state index in [2.05, 4.69) is 15.3 Å². The van der Waals surface area contributed by atoms with Crippen LogP contribution in [0.15, 0.2) is 41.6 Å². The molecule has 2 saturated heterocycles. The SMILES string of the molecule is CC(=O)N1CCCC1c1cnnn1-c1ncn2c1c(=O)n(CC1CCCCO1)c1ccccc12. The van der Waals surface area contributed by atoms with Crippen molar-refractivity contribution >= 4 is 22.5 Å². The lowest BCUT2D eigenvalue weighted by molar-refractivity contribution is -0.129. The van der Waals surface area contributed by atoms with E-state index in [9.17, 15) is 9.59 Å². The molecule has 1 amide bonds. The quantitative estimate of drug-likeness (QED) is 0.463. The third-order valence-electron chi connectivity index (χ3n) is 7.06. The predicted molar refractivity (Wildman–Crippen MR) is 125 cm³/mol. The number of aromatic nitrogens is 6. The van der Waals surface area contributed by atoms with Gasteiger partial charge in [0.05, 0.1) is 41.6 Å². The van der Waals surface area contributed by atoms with Crippen LogP contribution in [0, 0.1) is 0 Å². The molecule has 2 aliphatic heterocycles. The van der Waals surface area contributed by atoms with E-state index in [1.807, 2.05) is 33.6 Å². The van der Waals surface area contributed by atoms with Gasteiger partial charge in [0, 0.05) is 20.1 Å². The number of carbonyl (C=O) groups excluding carboxylic acids is 1. The van der Waals surface area contributed by atoms with Gasteiger partial charge in [-0.3, -0.25) is 14.0 Å². The molecule has 10 heteroatoms. The fourth-order valence-corrected chi connectivity index (χ4v) is 5.43. The summed E-state index contributed by atoms with van der Waals surface area (Å²) in [7, 11) is 0. The Labute approximate surface area is 195 Å². The van der Waals surface area contributed by atoms with Crippen molar-refractivity contribution in [1.29, 1.82) is 0 Å². The molecule has 0 saturated carbocycles. The number of fused-ring (bicyclic) bond motifs is 3. The molecule has 34 heavy (non-hydrogen) atoms. The Morgan fingerprint density at radius 3 is 2.79 bits per heavy atom. The molecule has 0 radical (unpaired) electrons. The van der Waals surface area contributed by atoms with Gasteiger partial charge in [0.15, 0.2) is 11.3 Å². The van der Waals surface area contributed by atoms with E-state index >= 15 is 0 Å². The molecular weight excluding hydrogens is 434 g/mol. The van der Waals surface area contributed by atoms with Gasteiger partial charge in [0.1, 0.15) is 6.33 Å². The van der Waals surface area contributed by atoms with E-state index < -0.39 is 0 Å². The van der Waals surface area contributed by atoms with Gasteiger partial charge >= 0.3 is 0 Å². The standard InChI is InChI=1S/C24H27N7O3/c1-16(32)28-11-6-10-20(28)21-13-26-27-31(21)23-22-24(33)29(14-17-7-4-5-12-34-17)18-8-2-3-9-19(18)30(22)15-25-23/h2-3,8-9,13,15,17,20H,4-7,10-12,14H2,1H3. The van der Waals surface area contributed by atoms with E-state index in [1.165, 1.54) is 0 Å². The van der Waals surface area contributed by atoms with Crippen molar-refractivity contribution in [1.82, 2.24) is 33.8 Å². The zero-order valence-corrected chi connectivity index (χ0v) is 19.1. The highest BCUT2D eigenvalue weighted by Gasteiger charge is 2.32. The summed E-state index contributed by atoms with van der Waals surface area (Å²) in [6, 6.07) is 7.71. The Hall–Kier alpha value is -3.53. The first-order valence-corrected chi connectivity index (χ1v) is 11.9. The zero-order chi connectivity index (χ0) is 23.2. The maximum atomic E-state index is 13.9. The molecule has 176 valence electrons. The fraction of sp³-hybridized carbons (Fsp3) is 0.458. The number of rotatable bonds is 4. The number of likely N-dealkylation sites (tertiary alicyclic amines) is 1. The van der Waals surface area contributed by atoms with Crippen LogP contribution in [0.4, 0.5) is 0 Å². The van der Waals surface area contributed by atoms with Crippen LogP contribution < -0.4 is 5.56 Å². The Balaban J connectivity index is 1.53. The van der Waals surface area contributed by atoms with E-state index in [0.717, 1.165) is 55.4 Å². The molecular formula is C24H27N7O3. The maximum absolute atomic E-state index is 13.9. The second-order valence-corrected chi connectivity index (χ2v) is 9.12. The number of benzene rings is 1. The van der Waals surface area contributed by atoms with Crippen LogP contribution in [-0.2, 0) is 16.1 Å². The molecule has 2 aliphatic rings. The van der Waals surface area contributed by atoms with Gasteiger partial charge in [-0.15, -0.1) is 5.10 Å². The van der Waals surface area contributed by atoms with Crippen molar-refractivity contribution in [2.45, 2.75) is 57.7 Å². The molecule has 0 bridgehead atoms. The molecule has 0 aliphatic carbocycles. The number of carbonyl (C=O) groups is 1. The number of amides is 1. The monoisotopic (exact) mass is 461 g/mol. The zero-order valence-electron chi connectivity index (χ0n) is 19.1. The van der Waals surface area contributed by atoms with Crippen molar-refractivity contribution in [2.24, 2.45) is 0 Å². The second kappa shape index (κ2) is 8.35. The minimum Gasteiger partial charge on any atom is -0.376 e. The van der Waals surface area contributed by atoms with Crippen molar-refractivity contribution in [2.75, 3.05) is 13.2 Å². The average Bonchev–Trinajstić information content (AvgIpc) is 3.61. The molecule has 2 fully saturated rings.